The summed E-state index contributed by atoms with van der Waals surface area (Å²) >= 11 is 0. The van der Waals surface area contributed by atoms with Crippen LogP contribution in [0.15, 0.2) is 33.5 Å². The highest BCUT2D eigenvalue weighted by Crippen LogP contribution is 2.24. The van der Waals surface area contributed by atoms with E-state index in [4.69, 9.17) is 9.15 Å². The number of carbonyl (C=O) groups is 2. The summed E-state index contributed by atoms with van der Waals surface area (Å²) in [5.41, 5.74) is 0.866. The van der Waals surface area contributed by atoms with Gasteiger partial charge >= 0.3 is 11.6 Å². The summed E-state index contributed by atoms with van der Waals surface area (Å²) in [5, 5.41) is 12.6. The second-order valence-electron chi connectivity index (χ2n) is 7.29. The van der Waals surface area contributed by atoms with Crippen LogP contribution < -0.4 is 15.7 Å². The van der Waals surface area contributed by atoms with Crippen LogP contribution in [0.4, 0.5) is 0 Å². The zero-order valence-corrected chi connectivity index (χ0v) is 16.7. The zero-order valence-electron chi connectivity index (χ0n) is 16.7. The number of hydrogen-bond donors (Lipinski definition) is 2. The number of carboxylic acids is 1. The molecule has 0 aliphatic rings. The largest absolute Gasteiger partial charge is 0.481 e. The highest BCUT2D eigenvalue weighted by Gasteiger charge is 2.24. The van der Waals surface area contributed by atoms with E-state index in [1.54, 1.807) is 18.2 Å². The maximum atomic E-state index is 12.3. The first-order valence-electron chi connectivity index (χ1n) is 9.47. The Kier molecular flexibility index (Phi) is 7.20. The monoisotopic (exact) mass is 389 g/mol. The topological polar surface area (TPSA) is 106 Å². The molecule has 1 aromatic carbocycles. The van der Waals surface area contributed by atoms with Crippen molar-refractivity contribution in [3.05, 3.63) is 40.2 Å². The molecule has 0 aliphatic heterocycles. The third-order valence-corrected chi connectivity index (χ3v) is 4.32. The van der Waals surface area contributed by atoms with Gasteiger partial charge in [-0.3, -0.25) is 4.79 Å². The fourth-order valence-corrected chi connectivity index (χ4v) is 3.00. The van der Waals surface area contributed by atoms with E-state index in [1.165, 1.54) is 13.0 Å². The van der Waals surface area contributed by atoms with Crippen molar-refractivity contribution in [2.75, 3.05) is 0 Å². The second kappa shape index (κ2) is 9.39. The minimum atomic E-state index is -1.08. The molecule has 2 N–H and O–H groups in total. The number of ether oxygens (including phenoxy) is 1. The molecule has 1 unspecified atom stereocenters. The number of amides is 1. The number of fused-ring (bicyclic) bond motifs is 1. The summed E-state index contributed by atoms with van der Waals surface area (Å²) in [7, 11) is 0. The summed E-state index contributed by atoms with van der Waals surface area (Å²) < 4.78 is 10.9. The summed E-state index contributed by atoms with van der Waals surface area (Å²) in [4.78, 5) is 35.4. The van der Waals surface area contributed by atoms with Gasteiger partial charge in [-0.15, -0.1) is 0 Å². The number of aliphatic carboxylic acids is 1. The van der Waals surface area contributed by atoms with Crippen LogP contribution >= 0.6 is 0 Å². The summed E-state index contributed by atoms with van der Waals surface area (Å²) in [5.74, 6) is -1.11. The Morgan fingerprint density at radius 3 is 2.54 bits per heavy atom. The maximum absolute atomic E-state index is 12.3. The van der Waals surface area contributed by atoms with Crippen molar-refractivity contribution in [3.63, 3.8) is 0 Å². The quantitative estimate of drug-likeness (QED) is 0.638. The SMILES string of the molecule is CCCc1cc(=O)oc2cc(OC(C)C(=O)N[C@@H](CC(C)C)C(=O)O)ccc12. The lowest BCUT2D eigenvalue weighted by Gasteiger charge is -2.20. The highest BCUT2D eigenvalue weighted by atomic mass is 16.5. The van der Waals surface area contributed by atoms with Crippen LogP contribution in [0.25, 0.3) is 11.0 Å². The molecular formula is C21H27NO6. The molecule has 1 aromatic heterocycles. The molecule has 28 heavy (non-hydrogen) atoms. The first kappa shape index (κ1) is 21.5. The number of benzene rings is 1. The number of carbonyl (C=O) groups excluding carboxylic acids is 1. The zero-order chi connectivity index (χ0) is 20.8. The van der Waals surface area contributed by atoms with Gasteiger partial charge in [0.25, 0.3) is 5.91 Å². The average molecular weight is 389 g/mol. The van der Waals surface area contributed by atoms with Crippen molar-refractivity contribution in [1.82, 2.24) is 5.32 Å². The van der Waals surface area contributed by atoms with Crippen molar-refractivity contribution < 1.29 is 23.8 Å². The van der Waals surface area contributed by atoms with Gasteiger partial charge in [-0.2, -0.15) is 0 Å². The van der Waals surface area contributed by atoms with Crippen molar-refractivity contribution in [2.24, 2.45) is 5.92 Å². The van der Waals surface area contributed by atoms with Gasteiger partial charge in [0, 0.05) is 17.5 Å². The molecule has 7 nitrogen and oxygen atoms in total. The van der Waals surface area contributed by atoms with Gasteiger partial charge in [-0.1, -0.05) is 27.2 Å². The van der Waals surface area contributed by atoms with E-state index in [1.807, 2.05) is 20.8 Å². The van der Waals surface area contributed by atoms with Gasteiger partial charge in [0.15, 0.2) is 6.10 Å². The van der Waals surface area contributed by atoms with E-state index in [0.717, 1.165) is 23.8 Å². The fourth-order valence-electron chi connectivity index (χ4n) is 3.00. The van der Waals surface area contributed by atoms with Crippen molar-refractivity contribution >= 4 is 22.8 Å². The van der Waals surface area contributed by atoms with Gasteiger partial charge in [0.05, 0.1) is 0 Å². The maximum Gasteiger partial charge on any atom is 0.336 e. The average Bonchev–Trinajstić information content (AvgIpc) is 2.60. The van der Waals surface area contributed by atoms with Crippen LogP contribution in [0.5, 0.6) is 5.75 Å². The number of rotatable bonds is 9. The molecule has 2 aromatic rings. The van der Waals surface area contributed by atoms with Crippen LogP contribution in [0.2, 0.25) is 0 Å². The van der Waals surface area contributed by atoms with Gasteiger partial charge in [-0.25, -0.2) is 9.59 Å². The van der Waals surface area contributed by atoms with E-state index in [2.05, 4.69) is 5.32 Å². The Bertz CT molecular complexity index is 901. The van der Waals surface area contributed by atoms with Crippen LogP contribution in [0, 0.1) is 5.92 Å². The summed E-state index contributed by atoms with van der Waals surface area (Å²) in [6.07, 6.45) is 1.08. The Balaban J connectivity index is 2.15. The van der Waals surface area contributed by atoms with Crippen molar-refractivity contribution in [1.29, 1.82) is 0 Å². The van der Waals surface area contributed by atoms with Crippen LogP contribution in [0.1, 0.15) is 46.1 Å². The number of hydrogen-bond acceptors (Lipinski definition) is 5. The molecule has 152 valence electrons. The first-order valence-corrected chi connectivity index (χ1v) is 9.47. The standard InChI is InChI=1S/C21H27NO6/c1-5-6-14-10-19(23)28-18-11-15(7-8-16(14)18)27-13(4)20(24)22-17(21(25)26)9-12(2)3/h7-8,10-13,17H,5-6,9H2,1-4H3,(H,22,24)(H,25,26)/t13?,17-/m0/s1. The molecule has 0 saturated heterocycles. The first-order chi connectivity index (χ1) is 13.2. The molecule has 0 radical (unpaired) electrons. The third-order valence-electron chi connectivity index (χ3n) is 4.32. The predicted octanol–water partition coefficient (Wildman–Crippen LogP) is 3.13. The molecule has 1 heterocycles. The normalized spacial score (nSPS) is 13.3. The molecular weight excluding hydrogens is 362 g/mol. The van der Waals surface area contributed by atoms with Crippen molar-refractivity contribution in [3.8, 4) is 5.75 Å². The molecule has 0 saturated carbocycles. The van der Waals surface area contributed by atoms with Gasteiger partial charge in [-0.05, 0) is 43.4 Å². The lowest BCUT2D eigenvalue weighted by atomic mass is 10.0. The van der Waals surface area contributed by atoms with Crippen LogP contribution in [-0.4, -0.2) is 29.1 Å². The van der Waals surface area contributed by atoms with E-state index in [-0.39, 0.29) is 5.92 Å². The minimum absolute atomic E-state index is 0.123. The molecule has 0 fully saturated rings. The summed E-state index contributed by atoms with van der Waals surface area (Å²) in [6.45, 7) is 7.34. The van der Waals surface area contributed by atoms with E-state index >= 15 is 0 Å². The highest BCUT2D eigenvalue weighted by molar-refractivity contribution is 5.86. The number of nitrogens with one attached hydrogen (secondary N) is 1. The molecule has 2 atom stereocenters. The van der Waals surface area contributed by atoms with E-state index in [9.17, 15) is 19.5 Å². The Morgan fingerprint density at radius 2 is 1.93 bits per heavy atom. The summed E-state index contributed by atoms with van der Waals surface area (Å²) in [6, 6.07) is 5.59. The molecule has 1 amide bonds. The fraction of sp³-hybridized carbons (Fsp3) is 0.476. The Morgan fingerprint density at radius 1 is 1.21 bits per heavy atom. The lowest BCUT2D eigenvalue weighted by Crippen LogP contribution is -2.46. The smallest absolute Gasteiger partial charge is 0.336 e. The van der Waals surface area contributed by atoms with Gasteiger partial charge in [0.2, 0.25) is 0 Å². The second-order valence-corrected chi connectivity index (χ2v) is 7.29. The molecule has 0 bridgehead atoms. The van der Waals surface area contributed by atoms with Crippen LogP contribution in [-0.2, 0) is 16.0 Å². The molecule has 0 spiro atoms. The molecule has 7 heteroatoms. The van der Waals surface area contributed by atoms with Crippen LogP contribution in [0.3, 0.4) is 0 Å². The minimum Gasteiger partial charge on any atom is -0.481 e. The Labute approximate surface area is 163 Å². The van der Waals surface area contributed by atoms with E-state index in [0.29, 0.717) is 17.8 Å². The van der Waals surface area contributed by atoms with Gasteiger partial charge < -0.3 is 19.6 Å². The predicted molar refractivity (Wildman–Crippen MR) is 106 cm³/mol. The molecule has 2 rings (SSSR count). The lowest BCUT2D eigenvalue weighted by molar-refractivity contribution is -0.143. The Hall–Kier alpha value is -2.83. The van der Waals surface area contributed by atoms with Gasteiger partial charge in [0.1, 0.15) is 17.4 Å². The van der Waals surface area contributed by atoms with E-state index < -0.39 is 29.6 Å². The number of aryl methyl sites for hydroxylation is 1. The number of carboxylic acid groups (broad SMARTS) is 1. The third kappa shape index (κ3) is 5.58. The molecule has 0 aliphatic carbocycles. The van der Waals surface area contributed by atoms with Crippen molar-refractivity contribution in [2.45, 2.75) is 59.1 Å².